The lowest BCUT2D eigenvalue weighted by Gasteiger charge is -2.06. The Bertz CT molecular complexity index is 556. The second-order valence-electron chi connectivity index (χ2n) is 4.01. The number of hydrogen-bond donors (Lipinski definition) is 0. The highest BCUT2D eigenvalue weighted by Gasteiger charge is 1.99. The Labute approximate surface area is 106 Å². The second-order valence-corrected chi connectivity index (χ2v) is 4.01. The molecule has 2 rings (SSSR count). The molecule has 0 aliphatic heterocycles. The molecule has 0 spiro atoms. The van der Waals surface area contributed by atoms with Gasteiger partial charge in [0.05, 0.1) is 5.97 Å². The standard InChI is InChI=1S/C16H14O2/c17-16(18)11-10-14-8-4-5-9-15(14)12-13-6-2-1-3-7-13/h1-11H,12H2,(H,17,18)/p-1/b11-10+. The zero-order valence-corrected chi connectivity index (χ0v) is 9.87. The van der Waals surface area contributed by atoms with Crippen LogP contribution in [0.3, 0.4) is 0 Å². The van der Waals surface area contributed by atoms with Crippen LogP contribution in [-0.2, 0) is 11.2 Å². The minimum Gasteiger partial charge on any atom is -0.545 e. The number of hydrogen-bond acceptors (Lipinski definition) is 2. The number of carbonyl (C=O) groups is 1. The van der Waals surface area contributed by atoms with Crippen LogP contribution in [0.4, 0.5) is 0 Å². The molecule has 2 aromatic rings. The van der Waals surface area contributed by atoms with Crippen molar-refractivity contribution in [3.05, 3.63) is 77.4 Å². The van der Waals surface area contributed by atoms with Crippen molar-refractivity contribution in [2.45, 2.75) is 6.42 Å². The molecule has 0 atom stereocenters. The quantitative estimate of drug-likeness (QED) is 0.763. The molecule has 0 fully saturated rings. The Morgan fingerprint density at radius 1 is 1.00 bits per heavy atom. The molecule has 2 heteroatoms. The average Bonchev–Trinajstić information content (AvgIpc) is 2.39. The first-order chi connectivity index (χ1) is 8.75. The van der Waals surface area contributed by atoms with Crippen LogP contribution < -0.4 is 5.11 Å². The van der Waals surface area contributed by atoms with Crippen molar-refractivity contribution in [2.24, 2.45) is 0 Å². The molecule has 0 radical (unpaired) electrons. The van der Waals surface area contributed by atoms with Crippen molar-refractivity contribution >= 4 is 12.0 Å². The van der Waals surface area contributed by atoms with Gasteiger partial charge < -0.3 is 9.90 Å². The topological polar surface area (TPSA) is 40.1 Å². The Morgan fingerprint density at radius 3 is 2.39 bits per heavy atom. The summed E-state index contributed by atoms with van der Waals surface area (Å²) in [6.45, 7) is 0. The van der Waals surface area contributed by atoms with E-state index in [1.807, 2.05) is 42.5 Å². The molecule has 2 nitrogen and oxygen atoms in total. The summed E-state index contributed by atoms with van der Waals surface area (Å²) in [5, 5.41) is 10.4. The molecular formula is C16H13O2-. The van der Waals surface area contributed by atoms with Gasteiger partial charge in [-0.15, -0.1) is 0 Å². The van der Waals surface area contributed by atoms with Gasteiger partial charge in [-0.1, -0.05) is 60.7 Å². The Kier molecular flexibility index (Phi) is 3.92. The van der Waals surface area contributed by atoms with Gasteiger partial charge in [-0.2, -0.15) is 0 Å². The van der Waals surface area contributed by atoms with E-state index in [1.165, 1.54) is 5.56 Å². The minimum absolute atomic E-state index is 0.786. The lowest BCUT2D eigenvalue weighted by atomic mass is 9.99. The van der Waals surface area contributed by atoms with Gasteiger partial charge in [0.2, 0.25) is 0 Å². The number of carboxylic acids is 1. The average molecular weight is 237 g/mol. The van der Waals surface area contributed by atoms with E-state index < -0.39 is 5.97 Å². The van der Waals surface area contributed by atoms with Gasteiger partial charge in [0.25, 0.3) is 0 Å². The van der Waals surface area contributed by atoms with E-state index in [1.54, 1.807) is 6.08 Å². The number of carboxylic acid groups (broad SMARTS) is 1. The molecule has 90 valence electrons. The van der Waals surface area contributed by atoms with E-state index in [9.17, 15) is 9.90 Å². The molecule has 0 N–H and O–H groups in total. The first kappa shape index (κ1) is 12.1. The number of aliphatic carboxylic acids is 1. The predicted molar refractivity (Wildman–Crippen MR) is 69.7 cm³/mol. The smallest absolute Gasteiger partial charge is 0.0643 e. The van der Waals surface area contributed by atoms with Gasteiger partial charge in [0.15, 0.2) is 0 Å². The fourth-order valence-electron chi connectivity index (χ4n) is 1.83. The van der Waals surface area contributed by atoms with Crippen LogP contribution in [0.5, 0.6) is 0 Å². The zero-order valence-electron chi connectivity index (χ0n) is 9.87. The fourth-order valence-corrected chi connectivity index (χ4v) is 1.83. The van der Waals surface area contributed by atoms with E-state index >= 15 is 0 Å². The minimum atomic E-state index is -1.18. The maximum absolute atomic E-state index is 10.4. The van der Waals surface area contributed by atoms with Gasteiger partial charge in [0.1, 0.15) is 0 Å². The largest absolute Gasteiger partial charge is 0.545 e. The lowest BCUT2D eigenvalue weighted by molar-refractivity contribution is -0.297. The van der Waals surface area contributed by atoms with Crippen LogP contribution >= 0.6 is 0 Å². The van der Waals surface area contributed by atoms with Crippen LogP contribution in [0.25, 0.3) is 6.08 Å². The molecule has 0 aliphatic carbocycles. The highest BCUT2D eigenvalue weighted by molar-refractivity contribution is 5.83. The Morgan fingerprint density at radius 2 is 1.67 bits per heavy atom. The summed E-state index contributed by atoms with van der Waals surface area (Å²) in [5.41, 5.74) is 3.21. The predicted octanol–water partition coefficient (Wildman–Crippen LogP) is 2.04. The van der Waals surface area contributed by atoms with Crippen LogP contribution in [0.15, 0.2) is 60.7 Å². The SMILES string of the molecule is O=C([O-])/C=C/c1ccccc1Cc1ccccc1. The summed E-state index contributed by atoms with van der Waals surface area (Å²) >= 11 is 0. The van der Waals surface area contributed by atoms with E-state index in [0.717, 1.165) is 23.6 Å². The van der Waals surface area contributed by atoms with E-state index in [0.29, 0.717) is 0 Å². The number of benzene rings is 2. The molecule has 0 heterocycles. The first-order valence-electron chi connectivity index (χ1n) is 5.76. The molecular weight excluding hydrogens is 224 g/mol. The highest BCUT2D eigenvalue weighted by atomic mass is 16.4. The van der Waals surface area contributed by atoms with E-state index in [2.05, 4.69) is 12.1 Å². The van der Waals surface area contributed by atoms with Crippen molar-refractivity contribution in [3.63, 3.8) is 0 Å². The number of carbonyl (C=O) groups excluding carboxylic acids is 1. The van der Waals surface area contributed by atoms with Gasteiger partial charge in [-0.05, 0) is 29.2 Å². The van der Waals surface area contributed by atoms with Gasteiger partial charge >= 0.3 is 0 Å². The Hall–Kier alpha value is -2.35. The molecule has 0 bridgehead atoms. The van der Waals surface area contributed by atoms with Crippen molar-refractivity contribution in [1.82, 2.24) is 0 Å². The summed E-state index contributed by atoms with van der Waals surface area (Å²) < 4.78 is 0. The second kappa shape index (κ2) is 5.82. The van der Waals surface area contributed by atoms with Gasteiger partial charge in [-0.3, -0.25) is 0 Å². The lowest BCUT2D eigenvalue weighted by Crippen LogP contribution is -2.18. The molecule has 0 saturated carbocycles. The highest BCUT2D eigenvalue weighted by Crippen LogP contribution is 2.15. The molecule has 0 aliphatic rings. The summed E-state index contributed by atoms with van der Waals surface area (Å²) in [6.07, 6.45) is 3.42. The monoisotopic (exact) mass is 237 g/mol. The third-order valence-electron chi connectivity index (χ3n) is 2.69. The molecule has 0 amide bonds. The van der Waals surface area contributed by atoms with Gasteiger partial charge in [-0.25, -0.2) is 0 Å². The van der Waals surface area contributed by atoms with E-state index in [-0.39, 0.29) is 0 Å². The maximum Gasteiger partial charge on any atom is 0.0643 e. The van der Waals surface area contributed by atoms with Crippen molar-refractivity contribution in [2.75, 3.05) is 0 Å². The Balaban J connectivity index is 2.25. The van der Waals surface area contributed by atoms with Crippen molar-refractivity contribution in [3.8, 4) is 0 Å². The molecule has 0 aromatic heterocycles. The zero-order chi connectivity index (χ0) is 12.8. The van der Waals surface area contributed by atoms with Gasteiger partial charge in [0, 0.05) is 0 Å². The van der Waals surface area contributed by atoms with Crippen molar-refractivity contribution in [1.29, 1.82) is 0 Å². The third kappa shape index (κ3) is 3.32. The van der Waals surface area contributed by atoms with Crippen molar-refractivity contribution < 1.29 is 9.90 Å². The normalized spacial score (nSPS) is 10.7. The number of rotatable bonds is 4. The third-order valence-corrected chi connectivity index (χ3v) is 2.69. The fraction of sp³-hybridized carbons (Fsp3) is 0.0625. The van der Waals surface area contributed by atoms with Crippen LogP contribution in [-0.4, -0.2) is 5.97 Å². The molecule has 0 saturated heterocycles. The van der Waals surface area contributed by atoms with E-state index in [4.69, 9.17) is 0 Å². The molecule has 2 aromatic carbocycles. The van der Waals surface area contributed by atoms with Crippen LogP contribution in [0.2, 0.25) is 0 Å². The maximum atomic E-state index is 10.4. The summed E-state index contributed by atoms with van der Waals surface area (Å²) in [7, 11) is 0. The molecule has 18 heavy (non-hydrogen) atoms. The molecule has 0 unspecified atom stereocenters. The first-order valence-corrected chi connectivity index (χ1v) is 5.76. The van der Waals surface area contributed by atoms with Crippen LogP contribution in [0.1, 0.15) is 16.7 Å². The summed E-state index contributed by atoms with van der Waals surface area (Å²) in [5.74, 6) is -1.18. The summed E-state index contributed by atoms with van der Waals surface area (Å²) in [4.78, 5) is 10.4. The van der Waals surface area contributed by atoms with Crippen LogP contribution in [0, 0.1) is 0 Å². The summed E-state index contributed by atoms with van der Waals surface area (Å²) in [6, 6.07) is 17.8.